The van der Waals surface area contributed by atoms with Crippen molar-refractivity contribution in [3.05, 3.63) is 46.7 Å². The minimum absolute atomic E-state index is 0.0495. The second kappa shape index (κ2) is 5.66. The van der Waals surface area contributed by atoms with E-state index in [4.69, 9.17) is 0 Å². The van der Waals surface area contributed by atoms with Gasteiger partial charge in [-0.1, -0.05) is 22.0 Å². The van der Waals surface area contributed by atoms with Gasteiger partial charge in [-0.15, -0.1) is 6.58 Å². The second-order valence-electron chi connectivity index (χ2n) is 2.96. The summed E-state index contributed by atoms with van der Waals surface area (Å²) in [6.45, 7) is 4.00. The first-order valence-electron chi connectivity index (χ1n) is 4.49. The number of hydrogen-bond acceptors (Lipinski definition) is 1. The first-order chi connectivity index (χ1) is 7.15. The summed E-state index contributed by atoms with van der Waals surface area (Å²) in [6, 6.07) is 4.26. The summed E-state index contributed by atoms with van der Waals surface area (Å²) in [5.41, 5.74) is 0.0495. The predicted molar refractivity (Wildman–Crippen MR) is 61.2 cm³/mol. The van der Waals surface area contributed by atoms with Crippen molar-refractivity contribution in [3.63, 3.8) is 0 Å². The number of amides is 1. The van der Waals surface area contributed by atoms with Crippen molar-refractivity contribution in [1.82, 2.24) is 5.32 Å². The van der Waals surface area contributed by atoms with Gasteiger partial charge in [0.1, 0.15) is 5.82 Å². The van der Waals surface area contributed by atoms with E-state index in [-0.39, 0.29) is 5.56 Å². The van der Waals surface area contributed by atoms with Crippen molar-refractivity contribution in [2.75, 3.05) is 6.54 Å². The van der Waals surface area contributed by atoms with Gasteiger partial charge >= 0.3 is 0 Å². The molecule has 1 amide bonds. The van der Waals surface area contributed by atoms with Gasteiger partial charge in [0.25, 0.3) is 5.91 Å². The highest BCUT2D eigenvalue weighted by Crippen LogP contribution is 2.15. The van der Waals surface area contributed by atoms with Gasteiger partial charge in [-0.3, -0.25) is 4.79 Å². The number of carbonyl (C=O) groups excluding carboxylic acids is 1. The molecule has 0 spiro atoms. The molecule has 0 aliphatic heterocycles. The first kappa shape index (κ1) is 11.9. The van der Waals surface area contributed by atoms with Crippen LogP contribution in [0.15, 0.2) is 35.3 Å². The Morgan fingerprint density at radius 3 is 3.00 bits per heavy atom. The lowest BCUT2D eigenvalue weighted by atomic mass is 10.2. The van der Waals surface area contributed by atoms with E-state index in [1.165, 1.54) is 12.1 Å². The molecule has 80 valence electrons. The van der Waals surface area contributed by atoms with Crippen LogP contribution >= 0.6 is 15.9 Å². The van der Waals surface area contributed by atoms with Crippen LogP contribution in [-0.2, 0) is 0 Å². The van der Waals surface area contributed by atoms with E-state index in [2.05, 4.69) is 27.8 Å². The Morgan fingerprint density at radius 2 is 2.33 bits per heavy atom. The number of halogens is 2. The summed E-state index contributed by atoms with van der Waals surface area (Å²) in [4.78, 5) is 11.5. The van der Waals surface area contributed by atoms with Crippen LogP contribution in [0.1, 0.15) is 16.8 Å². The lowest BCUT2D eigenvalue weighted by Crippen LogP contribution is -2.25. The van der Waals surface area contributed by atoms with Crippen molar-refractivity contribution in [1.29, 1.82) is 0 Å². The molecule has 0 atom stereocenters. The molecule has 0 heterocycles. The molecule has 0 aliphatic rings. The highest BCUT2D eigenvalue weighted by Gasteiger charge is 2.10. The highest BCUT2D eigenvalue weighted by atomic mass is 79.9. The van der Waals surface area contributed by atoms with Crippen LogP contribution in [0.4, 0.5) is 4.39 Å². The average Bonchev–Trinajstić information content (AvgIpc) is 2.22. The summed E-state index contributed by atoms with van der Waals surface area (Å²) < 4.78 is 13.9. The lowest BCUT2D eigenvalue weighted by molar-refractivity contribution is 0.0950. The van der Waals surface area contributed by atoms with Gasteiger partial charge in [0, 0.05) is 11.0 Å². The fraction of sp³-hybridized carbons (Fsp3) is 0.182. The number of rotatable bonds is 4. The van der Waals surface area contributed by atoms with Crippen molar-refractivity contribution in [3.8, 4) is 0 Å². The maximum absolute atomic E-state index is 13.2. The summed E-state index contributed by atoms with van der Waals surface area (Å²) in [6.07, 6.45) is 2.36. The summed E-state index contributed by atoms with van der Waals surface area (Å²) in [5.74, 6) is -0.926. The van der Waals surface area contributed by atoms with Crippen molar-refractivity contribution in [2.45, 2.75) is 6.42 Å². The maximum Gasteiger partial charge on any atom is 0.254 e. The average molecular weight is 272 g/mol. The molecule has 1 rings (SSSR count). The monoisotopic (exact) mass is 271 g/mol. The third kappa shape index (κ3) is 3.47. The van der Waals surface area contributed by atoms with Crippen LogP contribution < -0.4 is 5.32 Å². The Kier molecular flexibility index (Phi) is 4.49. The molecule has 0 saturated heterocycles. The van der Waals surface area contributed by atoms with Crippen LogP contribution in [-0.4, -0.2) is 12.5 Å². The SMILES string of the molecule is C=CCCNC(=O)c1cc(Br)ccc1F. The number of hydrogen-bond donors (Lipinski definition) is 1. The molecule has 0 aliphatic carbocycles. The molecule has 2 nitrogen and oxygen atoms in total. The van der Waals surface area contributed by atoms with Crippen LogP contribution in [0.25, 0.3) is 0 Å². The zero-order valence-electron chi connectivity index (χ0n) is 8.09. The van der Waals surface area contributed by atoms with Gasteiger partial charge in [0.05, 0.1) is 5.56 Å². The molecular formula is C11H11BrFNO. The molecule has 0 saturated carbocycles. The Labute approximate surface area is 96.3 Å². The van der Waals surface area contributed by atoms with Gasteiger partial charge in [-0.25, -0.2) is 4.39 Å². The van der Waals surface area contributed by atoms with Crippen molar-refractivity contribution in [2.24, 2.45) is 0 Å². The van der Waals surface area contributed by atoms with Gasteiger partial charge in [0.2, 0.25) is 0 Å². The zero-order chi connectivity index (χ0) is 11.3. The van der Waals surface area contributed by atoms with E-state index in [9.17, 15) is 9.18 Å². The predicted octanol–water partition coefficient (Wildman–Crippen LogP) is 2.89. The number of nitrogens with one attached hydrogen (secondary N) is 1. The molecule has 15 heavy (non-hydrogen) atoms. The standard InChI is InChI=1S/C11H11BrFNO/c1-2-3-6-14-11(15)9-7-8(12)4-5-10(9)13/h2,4-5,7H,1,3,6H2,(H,14,15). The Balaban J connectivity index is 2.72. The summed E-state index contributed by atoms with van der Waals surface area (Å²) in [7, 11) is 0. The largest absolute Gasteiger partial charge is 0.352 e. The topological polar surface area (TPSA) is 29.1 Å². The molecule has 1 aromatic rings. The van der Waals surface area contributed by atoms with Gasteiger partial charge in [-0.2, -0.15) is 0 Å². The Hall–Kier alpha value is -1.16. The van der Waals surface area contributed by atoms with Crippen LogP contribution in [0.5, 0.6) is 0 Å². The van der Waals surface area contributed by atoms with E-state index in [0.717, 1.165) is 0 Å². The van der Waals surface area contributed by atoms with E-state index < -0.39 is 11.7 Å². The molecular weight excluding hydrogens is 261 g/mol. The van der Waals surface area contributed by atoms with E-state index in [0.29, 0.717) is 17.4 Å². The quantitative estimate of drug-likeness (QED) is 0.662. The first-order valence-corrected chi connectivity index (χ1v) is 5.28. The summed E-state index contributed by atoms with van der Waals surface area (Å²) in [5, 5.41) is 2.60. The van der Waals surface area contributed by atoms with E-state index >= 15 is 0 Å². The van der Waals surface area contributed by atoms with Crippen molar-refractivity contribution >= 4 is 21.8 Å². The van der Waals surface area contributed by atoms with Gasteiger partial charge in [-0.05, 0) is 24.6 Å². The number of benzene rings is 1. The smallest absolute Gasteiger partial charge is 0.254 e. The van der Waals surface area contributed by atoms with Crippen LogP contribution in [0, 0.1) is 5.82 Å². The molecule has 4 heteroatoms. The molecule has 0 unspecified atom stereocenters. The molecule has 0 radical (unpaired) electrons. The Morgan fingerprint density at radius 1 is 1.60 bits per heavy atom. The molecule has 0 bridgehead atoms. The van der Waals surface area contributed by atoms with E-state index in [1.807, 2.05) is 0 Å². The third-order valence-corrected chi connectivity index (χ3v) is 2.30. The molecule has 0 aromatic heterocycles. The minimum Gasteiger partial charge on any atom is -0.352 e. The molecule has 1 N–H and O–H groups in total. The van der Waals surface area contributed by atoms with Crippen molar-refractivity contribution < 1.29 is 9.18 Å². The maximum atomic E-state index is 13.2. The van der Waals surface area contributed by atoms with Crippen LogP contribution in [0.3, 0.4) is 0 Å². The highest BCUT2D eigenvalue weighted by molar-refractivity contribution is 9.10. The molecule has 0 fully saturated rings. The number of carbonyl (C=O) groups is 1. The fourth-order valence-electron chi connectivity index (χ4n) is 1.05. The fourth-order valence-corrected chi connectivity index (χ4v) is 1.42. The van der Waals surface area contributed by atoms with Gasteiger partial charge in [0.15, 0.2) is 0 Å². The molecule has 1 aromatic carbocycles. The normalized spacial score (nSPS) is 9.73. The zero-order valence-corrected chi connectivity index (χ0v) is 9.68. The van der Waals surface area contributed by atoms with Crippen LogP contribution in [0.2, 0.25) is 0 Å². The summed E-state index contributed by atoms with van der Waals surface area (Å²) >= 11 is 3.18. The Bertz CT molecular complexity index is 379. The minimum atomic E-state index is -0.519. The second-order valence-corrected chi connectivity index (χ2v) is 3.87. The van der Waals surface area contributed by atoms with Gasteiger partial charge < -0.3 is 5.32 Å². The van der Waals surface area contributed by atoms with E-state index in [1.54, 1.807) is 12.1 Å². The lowest BCUT2D eigenvalue weighted by Gasteiger charge is -2.04. The third-order valence-electron chi connectivity index (χ3n) is 1.81.